The third-order valence-corrected chi connectivity index (χ3v) is 5.43. The van der Waals surface area contributed by atoms with E-state index in [1.165, 1.54) is 0 Å². The quantitative estimate of drug-likeness (QED) is 0.374. The highest BCUT2D eigenvalue weighted by Crippen LogP contribution is 2.30. The maximum Gasteiger partial charge on any atom is 0.336 e. The van der Waals surface area contributed by atoms with E-state index < -0.39 is 36.4 Å². The zero-order chi connectivity index (χ0) is 26.3. The maximum atomic E-state index is 12.5. The van der Waals surface area contributed by atoms with E-state index in [0.717, 1.165) is 24.2 Å². The number of rotatable bonds is 7. The summed E-state index contributed by atoms with van der Waals surface area (Å²) in [5, 5.41) is 34.4. The predicted octanol–water partition coefficient (Wildman–Crippen LogP) is 2.05. The van der Waals surface area contributed by atoms with Crippen LogP contribution in [-0.4, -0.2) is 70.2 Å². The lowest BCUT2D eigenvalue weighted by Crippen LogP contribution is -2.42. The van der Waals surface area contributed by atoms with Crippen LogP contribution in [-0.2, 0) is 19.1 Å². The number of benzene rings is 2. The second kappa shape index (κ2) is 11.5. The SMILES string of the molecule is O=C(O)CC(O)(CC(=O)O)C(=O)O.O=c1cc(N2CCOCC2)oc2c(-c3ccccc3)cccc12. The molecule has 36 heavy (non-hydrogen) atoms. The minimum atomic E-state index is -2.74. The van der Waals surface area contributed by atoms with E-state index in [-0.39, 0.29) is 5.43 Å². The van der Waals surface area contributed by atoms with E-state index >= 15 is 0 Å². The van der Waals surface area contributed by atoms with Crippen LogP contribution >= 0.6 is 0 Å². The van der Waals surface area contributed by atoms with Gasteiger partial charge in [0, 0.05) is 24.7 Å². The van der Waals surface area contributed by atoms with Crippen molar-refractivity contribution in [2.24, 2.45) is 0 Å². The summed E-state index contributed by atoms with van der Waals surface area (Å²) in [5.41, 5.74) is -0.119. The fourth-order valence-corrected chi connectivity index (χ4v) is 3.66. The molecule has 0 aliphatic carbocycles. The zero-order valence-electron chi connectivity index (χ0n) is 19.1. The molecule has 0 radical (unpaired) electrons. The van der Waals surface area contributed by atoms with Crippen molar-refractivity contribution in [3.8, 4) is 11.1 Å². The first-order chi connectivity index (χ1) is 17.1. The molecule has 4 N–H and O–H groups in total. The molecule has 0 amide bonds. The van der Waals surface area contributed by atoms with E-state index in [0.29, 0.717) is 30.1 Å². The molecule has 1 aromatic heterocycles. The number of aliphatic carboxylic acids is 3. The molecule has 1 aliphatic heterocycles. The van der Waals surface area contributed by atoms with Crippen molar-refractivity contribution in [1.82, 2.24) is 0 Å². The standard InChI is InChI=1S/C19H17NO3.C6H8O7/c21-17-13-18(20-9-11-22-12-10-20)23-19-15(7-4-8-16(17)19)14-5-2-1-3-6-14;7-3(8)1-6(13,5(11)12)2-4(9)10/h1-8,13H,9-12H2;13H,1-2H2,(H,7,8)(H,9,10)(H,11,12). The van der Waals surface area contributed by atoms with Crippen LogP contribution in [0.15, 0.2) is 63.8 Å². The Morgan fingerprint density at radius 1 is 0.889 bits per heavy atom. The highest BCUT2D eigenvalue weighted by atomic mass is 16.5. The number of fused-ring (bicyclic) bond motifs is 1. The van der Waals surface area contributed by atoms with Crippen molar-refractivity contribution in [3.05, 3.63) is 64.8 Å². The molecule has 3 aromatic rings. The number of hydrogen-bond acceptors (Lipinski definition) is 8. The number of hydrogen-bond donors (Lipinski definition) is 4. The van der Waals surface area contributed by atoms with Gasteiger partial charge in [-0.1, -0.05) is 42.5 Å². The Morgan fingerprint density at radius 3 is 2.06 bits per heavy atom. The van der Waals surface area contributed by atoms with Crippen LogP contribution in [0.3, 0.4) is 0 Å². The number of carboxylic acid groups (broad SMARTS) is 3. The molecule has 0 saturated carbocycles. The largest absolute Gasteiger partial charge is 0.481 e. The second-order valence-corrected chi connectivity index (χ2v) is 8.07. The first-order valence-corrected chi connectivity index (χ1v) is 10.9. The van der Waals surface area contributed by atoms with Gasteiger partial charge in [0.15, 0.2) is 16.9 Å². The van der Waals surface area contributed by atoms with E-state index in [4.69, 9.17) is 29.6 Å². The van der Waals surface area contributed by atoms with Gasteiger partial charge in [0.1, 0.15) is 5.58 Å². The molecule has 2 heterocycles. The van der Waals surface area contributed by atoms with Crippen molar-refractivity contribution in [2.45, 2.75) is 18.4 Å². The average molecular weight is 499 g/mol. The van der Waals surface area contributed by atoms with Gasteiger partial charge in [0.25, 0.3) is 0 Å². The van der Waals surface area contributed by atoms with Crippen LogP contribution in [0.2, 0.25) is 0 Å². The van der Waals surface area contributed by atoms with E-state index in [1.54, 1.807) is 6.07 Å². The first kappa shape index (κ1) is 26.4. The number of carbonyl (C=O) groups is 3. The monoisotopic (exact) mass is 499 g/mol. The van der Waals surface area contributed by atoms with E-state index in [9.17, 15) is 19.2 Å². The summed E-state index contributed by atoms with van der Waals surface area (Å²) in [5.74, 6) is -4.40. The summed E-state index contributed by atoms with van der Waals surface area (Å²) >= 11 is 0. The fraction of sp³-hybridized carbons (Fsp3) is 0.280. The number of para-hydroxylation sites is 1. The Morgan fingerprint density at radius 2 is 1.50 bits per heavy atom. The normalized spacial score (nSPS) is 13.5. The molecule has 1 saturated heterocycles. The Hall–Kier alpha value is -4.22. The van der Waals surface area contributed by atoms with E-state index in [1.807, 2.05) is 48.5 Å². The van der Waals surface area contributed by atoms with Gasteiger partial charge in [0.2, 0.25) is 0 Å². The Labute approximate surface area is 204 Å². The van der Waals surface area contributed by atoms with Gasteiger partial charge in [0.05, 0.1) is 31.4 Å². The van der Waals surface area contributed by atoms with Crippen molar-refractivity contribution in [3.63, 3.8) is 0 Å². The molecule has 0 atom stereocenters. The molecule has 1 fully saturated rings. The first-order valence-electron chi connectivity index (χ1n) is 10.9. The van der Waals surface area contributed by atoms with Gasteiger partial charge in [-0.3, -0.25) is 14.4 Å². The fourth-order valence-electron chi connectivity index (χ4n) is 3.66. The van der Waals surface area contributed by atoms with Crippen LogP contribution in [0.25, 0.3) is 22.1 Å². The van der Waals surface area contributed by atoms with Crippen LogP contribution in [0.4, 0.5) is 5.88 Å². The minimum Gasteiger partial charge on any atom is -0.481 e. The molecule has 0 spiro atoms. The molecule has 11 heteroatoms. The summed E-state index contributed by atoms with van der Waals surface area (Å²) in [4.78, 5) is 45.1. The molecule has 0 bridgehead atoms. The highest BCUT2D eigenvalue weighted by molar-refractivity contribution is 5.92. The molecular weight excluding hydrogens is 474 g/mol. The summed E-state index contributed by atoms with van der Waals surface area (Å²) in [7, 11) is 0. The number of anilines is 1. The van der Waals surface area contributed by atoms with Crippen molar-refractivity contribution < 1.29 is 44.0 Å². The average Bonchev–Trinajstić information content (AvgIpc) is 2.84. The topological polar surface area (TPSA) is 175 Å². The Kier molecular flexibility index (Phi) is 8.41. The summed E-state index contributed by atoms with van der Waals surface area (Å²) < 4.78 is 11.5. The van der Waals surface area contributed by atoms with Crippen LogP contribution in [0.5, 0.6) is 0 Å². The van der Waals surface area contributed by atoms with E-state index in [2.05, 4.69) is 4.90 Å². The van der Waals surface area contributed by atoms with Gasteiger partial charge >= 0.3 is 17.9 Å². The number of ether oxygens (including phenoxy) is 1. The Bertz CT molecular complexity index is 1280. The van der Waals surface area contributed by atoms with Crippen LogP contribution < -0.4 is 10.3 Å². The summed E-state index contributed by atoms with van der Waals surface area (Å²) in [6, 6.07) is 17.3. The minimum absolute atomic E-state index is 0.00878. The molecule has 190 valence electrons. The van der Waals surface area contributed by atoms with Gasteiger partial charge in [-0.25, -0.2) is 4.79 Å². The smallest absolute Gasteiger partial charge is 0.336 e. The Balaban J connectivity index is 0.000000240. The maximum absolute atomic E-state index is 12.5. The molecule has 2 aromatic carbocycles. The molecule has 0 unspecified atom stereocenters. The van der Waals surface area contributed by atoms with Crippen molar-refractivity contribution in [2.75, 3.05) is 31.2 Å². The van der Waals surface area contributed by atoms with Gasteiger partial charge in [-0.15, -0.1) is 0 Å². The van der Waals surface area contributed by atoms with Crippen LogP contribution in [0, 0.1) is 0 Å². The zero-order valence-corrected chi connectivity index (χ0v) is 19.1. The third kappa shape index (κ3) is 6.46. The van der Waals surface area contributed by atoms with Gasteiger partial charge in [-0.2, -0.15) is 0 Å². The van der Waals surface area contributed by atoms with Gasteiger partial charge < -0.3 is 34.5 Å². The molecule has 11 nitrogen and oxygen atoms in total. The van der Waals surface area contributed by atoms with Crippen molar-refractivity contribution >= 4 is 34.8 Å². The van der Waals surface area contributed by atoms with Gasteiger partial charge in [-0.05, 0) is 11.6 Å². The molecule has 1 aliphatic rings. The highest BCUT2D eigenvalue weighted by Gasteiger charge is 2.40. The lowest BCUT2D eigenvalue weighted by atomic mass is 9.96. The number of aliphatic hydroxyl groups is 1. The third-order valence-electron chi connectivity index (χ3n) is 5.43. The second-order valence-electron chi connectivity index (χ2n) is 8.07. The van der Waals surface area contributed by atoms with Crippen molar-refractivity contribution in [1.29, 1.82) is 0 Å². The lowest BCUT2D eigenvalue weighted by Gasteiger charge is -2.27. The predicted molar refractivity (Wildman–Crippen MR) is 128 cm³/mol. The summed E-state index contributed by atoms with van der Waals surface area (Å²) in [6.07, 6.45) is -2.29. The molecular formula is C25H25NO10. The lowest BCUT2D eigenvalue weighted by molar-refractivity contribution is -0.170. The number of morpholine rings is 1. The number of carboxylic acids is 3. The summed E-state index contributed by atoms with van der Waals surface area (Å²) in [6.45, 7) is 2.79. The number of nitrogens with zero attached hydrogens (tertiary/aromatic N) is 1. The van der Waals surface area contributed by atoms with Crippen LogP contribution in [0.1, 0.15) is 12.8 Å². The molecule has 4 rings (SSSR count).